The molecule has 14 heavy (non-hydrogen) atoms. The minimum Gasteiger partial charge on any atom is -0.469 e. The van der Waals surface area contributed by atoms with Crippen molar-refractivity contribution in [3.8, 4) is 0 Å². The lowest BCUT2D eigenvalue weighted by Gasteiger charge is -2.37. The summed E-state index contributed by atoms with van der Waals surface area (Å²) in [4.78, 5) is 22.8. The molecular weight excluding hydrogens is 184 g/mol. The van der Waals surface area contributed by atoms with E-state index >= 15 is 0 Å². The number of ether oxygens (including phenoxy) is 1. The highest BCUT2D eigenvalue weighted by Crippen LogP contribution is 2.32. The molecule has 1 heterocycles. The van der Waals surface area contributed by atoms with Crippen LogP contribution in [-0.4, -0.2) is 30.5 Å². The van der Waals surface area contributed by atoms with Crippen molar-refractivity contribution in [3.05, 3.63) is 0 Å². The van der Waals surface area contributed by atoms with E-state index in [-0.39, 0.29) is 24.3 Å². The van der Waals surface area contributed by atoms with E-state index in [2.05, 4.69) is 4.74 Å². The largest absolute Gasteiger partial charge is 0.469 e. The molecule has 1 rings (SSSR count). The van der Waals surface area contributed by atoms with Crippen LogP contribution in [0.1, 0.15) is 20.3 Å². The first-order valence-corrected chi connectivity index (χ1v) is 4.53. The maximum absolute atomic E-state index is 11.6. The van der Waals surface area contributed by atoms with Crippen LogP contribution < -0.4 is 5.84 Å². The van der Waals surface area contributed by atoms with E-state index in [1.165, 1.54) is 7.11 Å². The molecule has 5 nitrogen and oxygen atoms in total. The monoisotopic (exact) mass is 200 g/mol. The van der Waals surface area contributed by atoms with Crippen molar-refractivity contribution in [2.45, 2.75) is 20.3 Å². The number of amides is 1. The molecule has 0 aliphatic carbocycles. The summed E-state index contributed by atoms with van der Waals surface area (Å²) in [5, 5.41) is 1.10. The van der Waals surface area contributed by atoms with Crippen molar-refractivity contribution in [1.29, 1.82) is 0 Å². The van der Waals surface area contributed by atoms with Gasteiger partial charge in [-0.1, -0.05) is 13.8 Å². The van der Waals surface area contributed by atoms with Crippen molar-refractivity contribution in [2.24, 2.45) is 17.2 Å². The maximum atomic E-state index is 11.6. The van der Waals surface area contributed by atoms with E-state index in [1.807, 2.05) is 0 Å². The van der Waals surface area contributed by atoms with Crippen molar-refractivity contribution in [1.82, 2.24) is 5.01 Å². The third kappa shape index (κ3) is 1.87. The van der Waals surface area contributed by atoms with Crippen molar-refractivity contribution in [2.75, 3.05) is 13.7 Å². The van der Waals surface area contributed by atoms with Crippen LogP contribution in [-0.2, 0) is 14.3 Å². The SMILES string of the molecule is COC(=O)C1CN(N)C(=O)C(C)(C)C1. The summed E-state index contributed by atoms with van der Waals surface area (Å²) in [6.07, 6.45) is 0.492. The van der Waals surface area contributed by atoms with Gasteiger partial charge in [0, 0.05) is 5.41 Å². The molecule has 1 aliphatic heterocycles. The molecule has 1 atom stereocenters. The Balaban J connectivity index is 2.79. The first kappa shape index (κ1) is 11.0. The molecule has 0 saturated carbocycles. The average molecular weight is 200 g/mol. The number of hydrogen-bond acceptors (Lipinski definition) is 4. The zero-order chi connectivity index (χ0) is 10.9. The molecule has 1 fully saturated rings. The molecular formula is C9H16N2O3. The number of methoxy groups -OCH3 is 1. The molecule has 1 amide bonds. The number of carbonyl (C=O) groups excluding carboxylic acids is 2. The summed E-state index contributed by atoms with van der Waals surface area (Å²) in [7, 11) is 1.34. The average Bonchev–Trinajstić information content (AvgIpc) is 2.12. The number of piperidine rings is 1. The highest BCUT2D eigenvalue weighted by molar-refractivity contribution is 5.85. The Kier molecular flexibility index (Phi) is 2.80. The first-order chi connectivity index (χ1) is 6.38. The molecule has 1 saturated heterocycles. The highest BCUT2D eigenvalue weighted by atomic mass is 16.5. The summed E-state index contributed by atoms with van der Waals surface area (Å²) >= 11 is 0. The molecule has 0 spiro atoms. The van der Waals surface area contributed by atoms with E-state index in [0.29, 0.717) is 6.42 Å². The lowest BCUT2D eigenvalue weighted by molar-refractivity contribution is -0.157. The zero-order valence-electron chi connectivity index (χ0n) is 8.74. The molecule has 1 aliphatic rings. The van der Waals surface area contributed by atoms with Crippen LogP contribution >= 0.6 is 0 Å². The summed E-state index contributed by atoms with van der Waals surface area (Å²) < 4.78 is 4.63. The van der Waals surface area contributed by atoms with Gasteiger partial charge in [0.25, 0.3) is 0 Å². The van der Waals surface area contributed by atoms with E-state index in [1.54, 1.807) is 13.8 Å². The fourth-order valence-electron chi connectivity index (χ4n) is 1.80. The maximum Gasteiger partial charge on any atom is 0.310 e. The standard InChI is InChI=1S/C9H16N2O3/c1-9(2)4-6(7(12)14-3)5-11(10)8(9)13/h6H,4-5,10H2,1-3H3. The summed E-state index contributed by atoms with van der Waals surface area (Å²) in [5.74, 6) is 4.77. The summed E-state index contributed by atoms with van der Waals surface area (Å²) in [5.41, 5.74) is -0.578. The van der Waals surface area contributed by atoms with Gasteiger partial charge in [-0.25, -0.2) is 5.84 Å². The lowest BCUT2D eigenvalue weighted by atomic mass is 9.78. The summed E-state index contributed by atoms with van der Waals surface area (Å²) in [6, 6.07) is 0. The van der Waals surface area contributed by atoms with E-state index in [4.69, 9.17) is 5.84 Å². The van der Waals surface area contributed by atoms with Crippen LogP contribution in [0.25, 0.3) is 0 Å². The van der Waals surface area contributed by atoms with Gasteiger partial charge < -0.3 is 4.74 Å². The van der Waals surface area contributed by atoms with Gasteiger partial charge in [0.15, 0.2) is 0 Å². The Hall–Kier alpha value is -1.10. The number of hydrogen-bond donors (Lipinski definition) is 1. The van der Waals surface area contributed by atoms with Gasteiger partial charge in [-0.05, 0) is 6.42 Å². The van der Waals surface area contributed by atoms with Crippen molar-refractivity contribution < 1.29 is 14.3 Å². The Morgan fingerprint density at radius 1 is 1.64 bits per heavy atom. The molecule has 0 aromatic heterocycles. The van der Waals surface area contributed by atoms with Crippen molar-refractivity contribution >= 4 is 11.9 Å². The van der Waals surface area contributed by atoms with Gasteiger partial charge in [0.05, 0.1) is 19.6 Å². The van der Waals surface area contributed by atoms with E-state index in [9.17, 15) is 9.59 Å². The van der Waals surface area contributed by atoms with Crippen LogP contribution in [0.5, 0.6) is 0 Å². The second-order valence-corrected chi connectivity index (χ2v) is 4.27. The van der Waals surface area contributed by atoms with Crippen LogP contribution in [0.3, 0.4) is 0 Å². The number of nitrogens with two attached hydrogens (primary N) is 1. The number of hydrazine groups is 1. The third-order valence-electron chi connectivity index (χ3n) is 2.55. The normalized spacial score (nSPS) is 26.1. The zero-order valence-corrected chi connectivity index (χ0v) is 8.74. The molecule has 1 unspecified atom stereocenters. The predicted molar refractivity (Wildman–Crippen MR) is 49.8 cm³/mol. The van der Waals surface area contributed by atoms with Gasteiger partial charge in [-0.2, -0.15) is 0 Å². The molecule has 5 heteroatoms. The van der Waals surface area contributed by atoms with Crippen LogP contribution in [0.4, 0.5) is 0 Å². The summed E-state index contributed by atoms with van der Waals surface area (Å²) in [6.45, 7) is 3.81. The van der Waals surface area contributed by atoms with Crippen LogP contribution in [0.15, 0.2) is 0 Å². The Labute approximate surface area is 83.2 Å². The van der Waals surface area contributed by atoms with E-state index < -0.39 is 5.41 Å². The molecule has 0 aromatic rings. The molecule has 0 bridgehead atoms. The fourth-order valence-corrected chi connectivity index (χ4v) is 1.80. The van der Waals surface area contributed by atoms with E-state index in [0.717, 1.165) is 5.01 Å². The predicted octanol–water partition coefficient (Wildman–Crippen LogP) is -0.0922. The van der Waals surface area contributed by atoms with Gasteiger partial charge in [0.1, 0.15) is 0 Å². The van der Waals surface area contributed by atoms with Crippen LogP contribution in [0.2, 0.25) is 0 Å². The Bertz CT molecular complexity index is 263. The Morgan fingerprint density at radius 3 is 2.64 bits per heavy atom. The molecule has 0 aromatic carbocycles. The molecule has 0 radical (unpaired) electrons. The Morgan fingerprint density at radius 2 is 2.21 bits per heavy atom. The third-order valence-corrected chi connectivity index (χ3v) is 2.55. The minimum atomic E-state index is -0.578. The van der Waals surface area contributed by atoms with Crippen molar-refractivity contribution in [3.63, 3.8) is 0 Å². The number of rotatable bonds is 1. The smallest absolute Gasteiger partial charge is 0.310 e. The second-order valence-electron chi connectivity index (χ2n) is 4.27. The quantitative estimate of drug-likeness (QED) is 0.364. The number of esters is 1. The number of nitrogens with zero attached hydrogens (tertiary/aromatic N) is 1. The van der Waals surface area contributed by atoms with Gasteiger partial charge >= 0.3 is 5.97 Å². The first-order valence-electron chi connectivity index (χ1n) is 4.53. The highest BCUT2D eigenvalue weighted by Gasteiger charge is 2.42. The van der Waals surface area contributed by atoms with Crippen LogP contribution in [0, 0.1) is 11.3 Å². The van der Waals surface area contributed by atoms with Gasteiger partial charge in [-0.15, -0.1) is 0 Å². The molecule has 80 valence electrons. The lowest BCUT2D eigenvalue weighted by Crippen LogP contribution is -2.54. The van der Waals surface area contributed by atoms with Gasteiger partial charge in [0.2, 0.25) is 5.91 Å². The minimum absolute atomic E-state index is 0.127. The molecule has 2 N–H and O–H groups in total. The topological polar surface area (TPSA) is 72.6 Å². The van der Waals surface area contributed by atoms with Gasteiger partial charge in [-0.3, -0.25) is 14.6 Å². The second kappa shape index (κ2) is 3.57. The number of carbonyl (C=O) groups is 2. The fraction of sp³-hybridized carbons (Fsp3) is 0.778.